The van der Waals surface area contributed by atoms with E-state index in [1.165, 1.54) is 36.7 Å². The summed E-state index contributed by atoms with van der Waals surface area (Å²) >= 11 is 1.22. The molecule has 0 radical (unpaired) electrons. The highest BCUT2D eigenvalue weighted by Crippen LogP contribution is 2.23. The van der Waals surface area contributed by atoms with Crippen LogP contribution in [0.5, 0.6) is 0 Å². The number of carbonyl (C=O) groups excluding carboxylic acids is 1. The number of urea groups is 1. The summed E-state index contributed by atoms with van der Waals surface area (Å²) in [4.78, 5) is 22.9. The summed E-state index contributed by atoms with van der Waals surface area (Å²) in [6.45, 7) is 0. The van der Waals surface area contributed by atoms with Crippen molar-refractivity contribution in [3.8, 4) is 0 Å². The normalized spacial score (nSPS) is 17.0. The quantitative estimate of drug-likeness (QED) is 0.796. The second-order valence-electron chi connectivity index (χ2n) is 5.11. The Bertz CT molecular complexity index is 465. The predicted molar refractivity (Wildman–Crippen MR) is 79.5 cm³/mol. The van der Waals surface area contributed by atoms with Crippen LogP contribution in [0.3, 0.4) is 0 Å². The summed E-state index contributed by atoms with van der Waals surface area (Å²) in [6, 6.07) is 1.39. The Kier molecular flexibility index (Phi) is 5.40. The summed E-state index contributed by atoms with van der Waals surface area (Å²) in [5.41, 5.74) is 0.141. The van der Waals surface area contributed by atoms with E-state index in [0.29, 0.717) is 5.00 Å². The molecule has 0 unspecified atom stereocenters. The summed E-state index contributed by atoms with van der Waals surface area (Å²) in [6.07, 6.45) is 8.04. The highest BCUT2D eigenvalue weighted by atomic mass is 32.1. The summed E-state index contributed by atoms with van der Waals surface area (Å²) in [7, 11) is 0. The van der Waals surface area contributed by atoms with Gasteiger partial charge < -0.3 is 10.4 Å². The maximum absolute atomic E-state index is 11.9. The highest BCUT2D eigenvalue weighted by molar-refractivity contribution is 7.14. The number of carboxylic acids is 1. The molecular formula is C14H20N2O3S. The molecule has 2 amide bonds. The third-order valence-electron chi connectivity index (χ3n) is 3.56. The van der Waals surface area contributed by atoms with Crippen molar-refractivity contribution in [2.75, 3.05) is 5.32 Å². The summed E-state index contributed by atoms with van der Waals surface area (Å²) < 4.78 is 0. The minimum atomic E-state index is -1.02. The fourth-order valence-corrected chi connectivity index (χ4v) is 3.27. The van der Waals surface area contributed by atoms with Crippen molar-refractivity contribution in [1.29, 1.82) is 0 Å². The molecule has 1 aliphatic rings. The van der Waals surface area contributed by atoms with E-state index in [1.807, 2.05) is 0 Å². The average Bonchev–Trinajstić information content (AvgIpc) is 2.80. The number of anilines is 1. The van der Waals surface area contributed by atoms with E-state index in [1.54, 1.807) is 5.38 Å². The fourth-order valence-electron chi connectivity index (χ4n) is 2.50. The first-order chi connectivity index (χ1) is 9.66. The molecule has 1 aromatic rings. The smallest absolute Gasteiger partial charge is 0.338 e. The van der Waals surface area contributed by atoms with Gasteiger partial charge in [0.25, 0.3) is 0 Å². The van der Waals surface area contributed by atoms with Crippen molar-refractivity contribution in [3.05, 3.63) is 17.0 Å². The molecule has 0 bridgehead atoms. The molecule has 1 aliphatic carbocycles. The largest absolute Gasteiger partial charge is 0.478 e. The zero-order valence-corrected chi connectivity index (χ0v) is 12.2. The number of hydrogen-bond donors (Lipinski definition) is 3. The lowest BCUT2D eigenvalue weighted by Gasteiger charge is -2.21. The van der Waals surface area contributed by atoms with Gasteiger partial charge in [-0.1, -0.05) is 32.1 Å². The van der Waals surface area contributed by atoms with E-state index < -0.39 is 5.97 Å². The van der Waals surface area contributed by atoms with Gasteiger partial charge in [0.15, 0.2) is 0 Å². The SMILES string of the molecule is O=C(Nc1sccc1C(=O)O)NC1CCCCCCC1. The molecule has 1 heterocycles. The molecule has 1 aromatic heterocycles. The molecule has 2 rings (SSSR count). The second-order valence-corrected chi connectivity index (χ2v) is 6.03. The van der Waals surface area contributed by atoms with Crippen LogP contribution < -0.4 is 10.6 Å². The molecule has 1 fully saturated rings. The van der Waals surface area contributed by atoms with Crippen LogP contribution in [0.15, 0.2) is 11.4 Å². The van der Waals surface area contributed by atoms with Crippen LogP contribution in [-0.4, -0.2) is 23.1 Å². The monoisotopic (exact) mass is 296 g/mol. The van der Waals surface area contributed by atoms with Crippen molar-refractivity contribution in [3.63, 3.8) is 0 Å². The number of amides is 2. The average molecular weight is 296 g/mol. The molecule has 20 heavy (non-hydrogen) atoms. The van der Waals surface area contributed by atoms with Crippen LogP contribution in [0.4, 0.5) is 9.80 Å². The fraction of sp³-hybridized carbons (Fsp3) is 0.571. The minimum absolute atomic E-state index is 0.141. The van der Waals surface area contributed by atoms with Gasteiger partial charge in [-0.3, -0.25) is 5.32 Å². The molecule has 1 saturated carbocycles. The Hall–Kier alpha value is -1.56. The number of thiophene rings is 1. The number of aromatic carboxylic acids is 1. The van der Waals surface area contributed by atoms with Gasteiger partial charge in [0.2, 0.25) is 0 Å². The Morgan fingerprint density at radius 3 is 2.45 bits per heavy atom. The van der Waals surface area contributed by atoms with Gasteiger partial charge in [0, 0.05) is 6.04 Å². The molecule has 0 aliphatic heterocycles. The first-order valence-corrected chi connectivity index (χ1v) is 7.93. The molecule has 0 saturated heterocycles. The first kappa shape index (κ1) is 14.8. The predicted octanol–water partition coefficient (Wildman–Crippen LogP) is 3.68. The van der Waals surface area contributed by atoms with Gasteiger partial charge in [-0.05, 0) is 24.3 Å². The van der Waals surface area contributed by atoms with Gasteiger partial charge in [-0.15, -0.1) is 11.3 Å². The molecule has 6 heteroatoms. The summed E-state index contributed by atoms with van der Waals surface area (Å²) in [5, 5.41) is 16.6. The van der Waals surface area contributed by atoms with E-state index in [9.17, 15) is 9.59 Å². The minimum Gasteiger partial charge on any atom is -0.478 e. The Balaban J connectivity index is 1.87. The first-order valence-electron chi connectivity index (χ1n) is 7.05. The number of nitrogens with one attached hydrogen (secondary N) is 2. The highest BCUT2D eigenvalue weighted by Gasteiger charge is 2.17. The maximum Gasteiger partial charge on any atom is 0.338 e. The van der Waals surface area contributed by atoms with Crippen LogP contribution in [0.25, 0.3) is 0 Å². The lowest BCUT2D eigenvalue weighted by Crippen LogP contribution is -2.38. The second kappa shape index (κ2) is 7.28. The summed E-state index contributed by atoms with van der Waals surface area (Å²) in [5.74, 6) is -1.02. The molecule has 110 valence electrons. The zero-order valence-electron chi connectivity index (χ0n) is 11.4. The van der Waals surface area contributed by atoms with Gasteiger partial charge >= 0.3 is 12.0 Å². The van der Waals surface area contributed by atoms with Gasteiger partial charge in [-0.2, -0.15) is 0 Å². The number of hydrogen-bond acceptors (Lipinski definition) is 3. The van der Waals surface area contributed by atoms with E-state index in [-0.39, 0.29) is 17.6 Å². The number of carboxylic acid groups (broad SMARTS) is 1. The van der Waals surface area contributed by atoms with Crippen LogP contribution >= 0.6 is 11.3 Å². The van der Waals surface area contributed by atoms with E-state index >= 15 is 0 Å². The lowest BCUT2D eigenvalue weighted by atomic mass is 9.97. The lowest BCUT2D eigenvalue weighted by molar-refractivity contribution is 0.0698. The molecular weight excluding hydrogens is 276 g/mol. The molecule has 0 aromatic carbocycles. The van der Waals surface area contributed by atoms with Crippen molar-refractivity contribution in [2.45, 2.75) is 51.0 Å². The zero-order chi connectivity index (χ0) is 14.4. The number of carbonyl (C=O) groups is 2. The Morgan fingerprint density at radius 2 is 1.80 bits per heavy atom. The van der Waals surface area contributed by atoms with Crippen LogP contribution in [0.2, 0.25) is 0 Å². The Morgan fingerprint density at radius 1 is 1.15 bits per heavy atom. The standard InChI is InChI=1S/C14H20N2O3S/c17-13(18)11-8-9-20-12(11)16-14(19)15-10-6-4-2-1-3-5-7-10/h8-10H,1-7H2,(H,17,18)(H2,15,16,19). The van der Waals surface area contributed by atoms with Crippen LogP contribution in [-0.2, 0) is 0 Å². The number of rotatable bonds is 3. The van der Waals surface area contributed by atoms with Crippen molar-refractivity contribution < 1.29 is 14.7 Å². The Labute approximate surface area is 122 Å². The molecule has 3 N–H and O–H groups in total. The van der Waals surface area contributed by atoms with Crippen molar-refractivity contribution in [1.82, 2.24) is 5.32 Å². The topological polar surface area (TPSA) is 78.4 Å². The van der Waals surface area contributed by atoms with Gasteiger partial charge in [0.1, 0.15) is 5.00 Å². The van der Waals surface area contributed by atoms with E-state index in [4.69, 9.17) is 5.11 Å². The van der Waals surface area contributed by atoms with E-state index in [0.717, 1.165) is 25.7 Å². The van der Waals surface area contributed by atoms with E-state index in [2.05, 4.69) is 10.6 Å². The third kappa shape index (κ3) is 4.23. The maximum atomic E-state index is 11.9. The van der Waals surface area contributed by atoms with Crippen molar-refractivity contribution in [2.24, 2.45) is 0 Å². The van der Waals surface area contributed by atoms with Crippen LogP contribution in [0.1, 0.15) is 55.3 Å². The van der Waals surface area contributed by atoms with Gasteiger partial charge in [-0.25, -0.2) is 9.59 Å². The van der Waals surface area contributed by atoms with Crippen molar-refractivity contribution >= 4 is 28.3 Å². The molecule has 5 nitrogen and oxygen atoms in total. The van der Waals surface area contributed by atoms with Crippen LogP contribution in [0, 0.1) is 0 Å². The molecule has 0 spiro atoms. The van der Waals surface area contributed by atoms with Gasteiger partial charge in [0.05, 0.1) is 5.56 Å². The third-order valence-corrected chi connectivity index (χ3v) is 4.39. The molecule has 0 atom stereocenters.